The summed E-state index contributed by atoms with van der Waals surface area (Å²) in [5, 5.41) is 3.95. The number of likely N-dealkylation sites (N-methyl/N-ethyl adjacent to an activating group) is 1. The topological polar surface area (TPSA) is 102 Å². The Bertz CT molecular complexity index is 933. The molecule has 10 heteroatoms. The second-order valence-electron chi connectivity index (χ2n) is 5.17. The number of halogens is 2. The van der Waals surface area contributed by atoms with Gasteiger partial charge in [0.25, 0.3) is 0 Å². The standard InChI is InChI=1S/C16H15BrClN3O4S/c1-21(26(23,24)14-7-5-13(18)6-8-14)10-15(22)25-20-16(19)11-3-2-4-12(17)9-11/h2-9H,10H2,1H3,(H2,19,20). The Morgan fingerprint density at radius 2 is 1.92 bits per heavy atom. The average Bonchev–Trinajstić information content (AvgIpc) is 2.60. The van der Waals surface area contributed by atoms with Gasteiger partial charge >= 0.3 is 5.97 Å². The highest BCUT2D eigenvalue weighted by atomic mass is 79.9. The highest BCUT2D eigenvalue weighted by Gasteiger charge is 2.23. The van der Waals surface area contributed by atoms with Crippen LogP contribution in [0.2, 0.25) is 5.02 Å². The Hall–Kier alpha value is -1.94. The van der Waals surface area contributed by atoms with Crippen LogP contribution in [0.25, 0.3) is 0 Å². The van der Waals surface area contributed by atoms with E-state index in [1.807, 2.05) is 0 Å². The van der Waals surface area contributed by atoms with Crippen molar-refractivity contribution in [1.82, 2.24) is 4.31 Å². The molecule has 2 aromatic rings. The molecule has 0 radical (unpaired) electrons. The van der Waals surface area contributed by atoms with Gasteiger partial charge in [0.2, 0.25) is 10.0 Å². The number of benzene rings is 2. The molecular weight excluding hydrogens is 446 g/mol. The molecule has 0 saturated carbocycles. The third-order valence-electron chi connectivity index (χ3n) is 3.24. The lowest BCUT2D eigenvalue weighted by Crippen LogP contribution is -2.32. The van der Waals surface area contributed by atoms with Crippen LogP contribution in [0.5, 0.6) is 0 Å². The molecule has 0 saturated heterocycles. The molecule has 0 atom stereocenters. The van der Waals surface area contributed by atoms with Gasteiger partial charge in [0.1, 0.15) is 6.54 Å². The molecule has 0 aliphatic heterocycles. The lowest BCUT2D eigenvalue weighted by Gasteiger charge is -2.15. The predicted molar refractivity (Wildman–Crippen MR) is 102 cm³/mol. The summed E-state index contributed by atoms with van der Waals surface area (Å²) >= 11 is 9.04. The largest absolute Gasteiger partial charge is 0.380 e. The lowest BCUT2D eigenvalue weighted by atomic mass is 10.2. The van der Waals surface area contributed by atoms with E-state index in [-0.39, 0.29) is 10.7 Å². The van der Waals surface area contributed by atoms with Crippen molar-refractivity contribution in [3.63, 3.8) is 0 Å². The number of sulfonamides is 1. The van der Waals surface area contributed by atoms with Crippen molar-refractivity contribution in [2.45, 2.75) is 4.90 Å². The Morgan fingerprint density at radius 3 is 2.54 bits per heavy atom. The number of hydrogen-bond donors (Lipinski definition) is 1. The summed E-state index contributed by atoms with van der Waals surface area (Å²) in [5.74, 6) is -0.883. The molecule has 2 rings (SSSR count). The van der Waals surface area contributed by atoms with Crippen molar-refractivity contribution in [3.8, 4) is 0 Å². The smallest absolute Gasteiger partial charge is 0.350 e. The third-order valence-corrected chi connectivity index (χ3v) is 5.80. The van der Waals surface area contributed by atoms with Crippen LogP contribution in [-0.4, -0.2) is 38.1 Å². The number of carbonyl (C=O) groups is 1. The molecule has 26 heavy (non-hydrogen) atoms. The molecule has 0 amide bonds. The van der Waals surface area contributed by atoms with Gasteiger partial charge in [-0.05, 0) is 36.4 Å². The Kier molecular flexibility index (Phi) is 6.76. The normalized spacial score (nSPS) is 12.2. The predicted octanol–water partition coefficient (Wildman–Crippen LogP) is 2.59. The van der Waals surface area contributed by atoms with Crippen LogP contribution in [0.3, 0.4) is 0 Å². The van der Waals surface area contributed by atoms with Crippen molar-refractivity contribution in [2.24, 2.45) is 10.9 Å². The average molecular weight is 461 g/mol. The molecule has 0 bridgehead atoms. The maximum Gasteiger partial charge on any atom is 0.350 e. The first-order chi connectivity index (χ1) is 12.2. The maximum atomic E-state index is 12.4. The molecule has 0 heterocycles. The van der Waals surface area contributed by atoms with Crippen LogP contribution in [-0.2, 0) is 19.7 Å². The summed E-state index contributed by atoms with van der Waals surface area (Å²) in [6.45, 7) is -0.528. The van der Waals surface area contributed by atoms with Gasteiger partial charge in [-0.1, -0.05) is 44.8 Å². The van der Waals surface area contributed by atoms with E-state index in [1.165, 1.54) is 31.3 Å². The molecule has 0 spiro atoms. The number of amidine groups is 1. The third kappa shape index (κ3) is 5.28. The SMILES string of the molecule is CN(CC(=O)O/N=C(\N)c1cccc(Br)c1)S(=O)(=O)c1ccc(Cl)cc1. The number of carbonyl (C=O) groups excluding carboxylic acids is 1. The second kappa shape index (κ2) is 8.63. The summed E-state index contributed by atoms with van der Waals surface area (Å²) in [7, 11) is -2.60. The fourth-order valence-electron chi connectivity index (χ4n) is 1.88. The number of hydrogen-bond acceptors (Lipinski definition) is 5. The summed E-state index contributed by atoms with van der Waals surface area (Å²) in [4.78, 5) is 16.6. The van der Waals surface area contributed by atoms with E-state index >= 15 is 0 Å². The number of oxime groups is 1. The van der Waals surface area contributed by atoms with E-state index in [1.54, 1.807) is 24.3 Å². The van der Waals surface area contributed by atoms with E-state index < -0.39 is 22.5 Å². The first kappa shape index (κ1) is 20.4. The van der Waals surface area contributed by atoms with Crippen molar-refractivity contribution < 1.29 is 18.0 Å². The van der Waals surface area contributed by atoms with E-state index in [9.17, 15) is 13.2 Å². The molecular formula is C16H15BrClN3O4S. The van der Waals surface area contributed by atoms with Gasteiger partial charge in [-0.2, -0.15) is 4.31 Å². The zero-order chi connectivity index (χ0) is 19.3. The molecule has 7 nitrogen and oxygen atoms in total. The van der Waals surface area contributed by atoms with Crippen molar-refractivity contribution >= 4 is 49.4 Å². The summed E-state index contributed by atoms with van der Waals surface area (Å²) in [6, 6.07) is 12.5. The van der Waals surface area contributed by atoms with Gasteiger partial charge in [0.05, 0.1) is 4.90 Å². The zero-order valence-electron chi connectivity index (χ0n) is 13.6. The maximum absolute atomic E-state index is 12.4. The minimum Gasteiger partial charge on any atom is -0.380 e. The molecule has 0 aliphatic rings. The van der Waals surface area contributed by atoms with Crippen LogP contribution in [0.4, 0.5) is 0 Å². The van der Waals surface area contributed by atoms with Gasteiger partial charge in [-0.15, -0.1) is 0 Å². The Balaban J connectivity index is 2.02. The van der Waals surface area contributed by atoms with Gasteiger partial charge in [-0.3, -0.25) is 0 Å². The quantitative estimate of drug-likeness (QED) is 0.309. The minimum atomic E-state index is -3.86. The molecule has 0 fully saturated rings. The lowest BCUT2D eigenvalue weighted by molar-refractivity contribution is -0.143. The summed E-state index contributed by atoms with van der Waals surface area (Å²) < 4.78 is 26.4. The van der Waals surface area contributed by atoms with Crippen molar-refractivity contribution in [3.05, 3.63) is 63.6 Å². The minimum absolute atomic E-state index is 0.00866. The van der Waals surface area contributed by atoms with Gasteiger partial charge < -0.3 is 10.6 Å². The highest BCUT2D eigenvalue weighted by Crippen LogP contribution is 2.17. The van der Waals surface area contributed by atoms with Gasteiger partial charge in [-0.25, -0.2) is 13.2 Å². The van der Waals surface area contributed by atoms with Gasteiger partial charge in [0, 0.05) is 22.1 Å². The molecule has 0 aliphatic carbocycles. The first-order valence-electron chi connectivity index (χ1n) is 7.21. The van der Waals surface area contributed by atoms with Crippen LogP contribution < -0.4 is 5.73 Å². The molecule has 0 aromatic heterocycles. The van der Waals surface area contributed by atoms with E-state index in [0.29, 0.717) is 10.6 Å². The number of rotatable bonds is 6. The first-order valence-corrected chi connectivity index (χ1v) is 9.82. The monoisotopic (exact) mass is 459 g/mol. The van der Waals surface area contributed by atoms with Crippen LogP contribution in [0, 0.1) is 0 Å². The fourth-order valence-corrected chi connectivity index (χ4v) is 3.52. The van der Waals surface area contributed by atoms with Crippen molar-refractivity contribution in [1.29, 1.82) is 0 Å². The molecule has 2 aromatic carbocycles. The van der Waals surface area contributed by atoms with Gasteiger partial charge in [0.15, 0.2) is 5.84 Å². The zero-order valence-corrected chi connectivity index (χ0v) is 16.8. The van der Waals surface area contributed by atoms with E-state index in [2.05, 4.69) is 21.1 Å². The number of nitrogens with zero attached hydrogens (tertiary/aromatic N) is 2. The highest BCUT2D eigenvalue weighted by molar-refractivity contribution is 9.10. The Morgan fingerprint density at radius 1 is 1.27 bits per heavy atom. The van der Waals surface area contributed by atoms with Crippen LogP contribution in [0.1, 0.15) is 5.56 Å². The Labute approximate surface area is 164 Å². The van der Waals surface area contributed by atoms with Crippen LogP contribution in [0.15, 0.2) is 63.1 Å². The van der Waals surface area contributed by atoms with Crippen LogP contribution >= 0.6 is 27.5 Å². The summed E-state index contributed by atoms with van der Waals surface area (Å²) in [6.07, 6.45) is 0. The number of nitrogens with two attached hydrogens (primary N) is 1. The molecule has 0 unspecified atom stereocenters. The van der Waals surface area contributed by atoms with E-state index in [4.69, 9.17) is 22.2 Å². The second-order valence-corrected chi connectivity index (χ2v) is 8.56. The van der Waals surface area contributed by atoms with E-state index in [0.717, 1.165) is 8.78 Å². The fraction of sp³-hybridized carbons (Fsp3) is 0.125. The van der Waals surface area contributed by atoms with Crippen molar-refractivity contribution in [2.75, 3.05) is 13.6 Å². The summed E-state index contributed by atoms with van der Waals surface area (Å²) in [5.41, 5.74) is 6.29. The molecule has 138 valence electrons. The molecule has 2 N–H and O–H groups in total.